The first-order chi connectivity index (χ1) is 17.6. The summed E-state index contributed by atoms with van der Waals surface area (Å²) in [5.74, 6) is 0. The zero-order chi connectivity index (χ0) is 24.5. The fraction of sp³-hybridized carbons (Fsp3) is 0.345. The molecule has 2 N–H and O–H groups in total. The van der Waals surface area contributed by atoms with Crippen LogP contribution in [0.3, 0.4) is 0 Å². The number of pyridine rings is 1. The van der Waals surface area contributed by atoms with Crippen LogP contribution in [0.1, 0.15) is 25.7 Å². The van der Waals surface area contributed by atoms with E-state index >= 15 is 0 Å². The van der Waals surface area contributed by atoms with Crippen LogP contribution in [-0.2, 0) is 11.0 Å². The number of aromatic nitrogens is 2. The SMILES string of the molecule is CN1CCN(c2ccc(-c3cnc4[nH]cc(-c5ccc(NS(=O)C6CCCC6)cc5)c4c3)cc2)CC1. The fourth-order valence-corrected chi connectivity index (χ4v) is 6.65. The van der Waals surface area contributed by atoms with Gasteiger partial charge in [-0.25, -0.2) is 9.19 Å². The lowest BCUT2D eigenvalue weighted by Crippen LogP contribution is -2.44. The van der Waals surface area contributed by atoms with Crippen LogP contribution in [0.25, 0.3) is 33.3 Å². The van der Waals surface area contributed by atoms with E-state index < -0.39 is 11.0 Å². The monoisotopic (exact) mass is 499 g/mol. The van der Waals surface area contributed by atoms with E-state index in [2.05, 4.69) is 69.0 Å². The molecule has 1 saturated heterocycles. The van der Waals surface area contributed by atoms with Gasteiger partial charge in [-0.1, -0.05) is 37.1 Å². The van der Waals surface area contributed by atoms with Crippen molar-refractivity contribution in [2.45, 2.75) is 30.9 Å². The lowest BCUT2D eigenvalue weighted by molar-refractivity contribution is 0.313. The first kappa shape index (κ1) is 23.3. The molecule has 0 bridgehead atoms. The molecule has 4 aromatic rings. The molecule has 1 aliphatic carbocycles. The van der Waals surface area contributed by atoms with Crippen LogP contribution in [0.4, 0.5) is 11.4 Å². The summed E-state index contributed by atoms with van der Waals surface area (Å²) in [5, 5.41) is 1.38. The number of piperazine rings is 1. The minimum absolute atomic E-state index is 0.276. The van der Waals surface area contributed by atoms with Gasteiger partial charge < -0.3 is 19.5 Å². The third kappa shape index (κ3) is 4.77. The Kier molecular flexibility index (Phi) is 6.50. The van der Waals surface area contributed by atoms with Crippen LogP contribution >= 0.6 is 0 Å². The first-order valence-corrected chi connectivity index (χ1v) is 14.1. The second-order valence-corrected chi connectivity index (χ2v) is 11.5. The first-order valence-electron chi connectivity index (χ1n) is 12.9. The average Bonchev–Trinajstić information content (AvgIpc) is 3.60. The summed E-state index contributed by atoms with van der Waals surface area (Å²) in [6.07, 6.45) is 8.46. The summed E-state index contributed by atoms with van der Waals surface area (Å²) in [5.41, 5.74) is 7.59. The summed E-state index contributed by atoms with van der Waals surface area (Å²) in [4.78, 5) is 12.9. The molecule has 0 spiro atoms. The molecule has 7 heteroatoms. The second-order valence-electron chi connectivity index (χ2n) is 10.0. The molecule has 2 aliphatic rings. The van der Waals surface area contributed by atoms with Gasteiger partial charge in [0.1, 0.15) is 16.6 Å². The molecule has 6 nitrogen and oxygen atoms in total. The number of rotatable bonds is 6. The molecule has 1 aliphatic heterocycles. The van der Waals surface area contributed by atoms with Gasteiger partial charge in [-0.3, -0.25) is 0 Å². The molecule has 2 fully saturated rings. The molecular weight excluding hydrogens is 466 g/mol. The van der Waals surface area contributed by atoms with Crippen LogP contribution in [0.2, 0.25) is 0 Å². The molecule has 1 unspecified atom stereocenters. The summed E-state index contributed by atoms with van der Waals surface area (Å²) in [6, 6.07) is 19.3. The van der Waals surface area contributed by atoms with Crippen molar-refractivity contribution in [1.82, 2.24) is 14.9 Å². The molecule has 1 saturated carbocycles. The maximum Gasteiger partial charge on any atom is 0.137 e. The average molecular weight is 500 g/mol. The maximum atomic E-state index is 12.6. The number of anilines is 2. The van der Waals surface area contributed by atoms with Gasteiger partial charge in [0.15, 0.2) is 0 Å². The van der Waals surface area contributed by atoms with Crippen molar-refractivity contribution in [2.75, 3.05) is 42.8 Å². The van der Waals surface area contributed by atoms with Crippen molar-refractivity contribution in [3.8, 4) is 22.3 Å². The number of hydrogen-bond donors (Lipinski definition) is 2. The van der Waals surface area contributed by atoms with Gasteiger partial charge in [-0.2, -0.15) is 0 Å². The molecule has 2 aromatic carbocycles. The Morgan fingerprint density at radius 2 is 1.61 bits per heavy atom. The number of aromatic amines is 1. The lowest BCUT2D eigenvalue weighted by atomic mass is 10.0. The van der Waals surface area contributed by atoms with Crippen molar-refractivity contribution in [3.05, 3.63) is 67.0 Å². The van der Waals surface area contributed by atoms with Gasteiger partial charge in [-0.05, 0) is 61.3 Å². The number of H-pyrrole nitrogens is 1. The van der Waals surface area contributed by atoms with Crippen LogP contribution in [-0.4, -0.2) is 57.6 Å². The van der Waals surface area contributed by atoms with Gasteiger partial charge >= 0.3 is 0 Å². The van der Waals surface area contributed by atoms with Crippen molar-refractivity contribution in [1.29, 1.82) is 0 Å². The lowest BCUT2D eigenvalue weighted by Gasteiger charge is -2.34. The van der Waals surface area contributed by atoms with E-state index in [0.29, 0.717) is 0 Å². The Balaban J connectivity index is 1.21. The van der Waals surface area contributed by atoms with Crippen LogP contribution < -0.4 is 9.62 Å². The van der Waals surface area contributed by atoms with E-state index in [9.17, 15) is 4.21 Å². The number of likely N-dealkylation sites (N-methyl/N-ethyl adjacent to an activating group) is 1. The molecule has 0 radical (unpaired) electrons. The molecule has 1 atom stereocenters. The van der Waals surface area contributed by atoms with Crippen molar-refractivity contribution < 1.29 is 4.21 Å². The largest absolute Gasteiger partial charge is 0.369 e. The van der Waals surface area contributed by atoms with Crippen LogP contribution in [0.15, 0.2) is 67.0 Å². The Hall–Kier alpha value is -3.16. The van der Waals surface area contributed by atoms with Gasteiger partial charge in [0.2, 0.25) is 0 Å². The standard InChI is InChI=1S/C29H33N5OS/c1-33-14-16-34(17-15-33)25-12-8-21(9-13-25)23-18-27-28(20-31-29(27)30-19-23)22-6-10-24(11-7-22)32-36(35)26-4-2-3-5-26/h6-13,18-20,26,32H,2-5,14-17H2,1H3,(H,30,31). The normalized spacial score (nSPS) is 18.1. The third-order valence-corrected chi connectivity index (χ3v) is 9.13. The van der Waals surface area contributed by atoms with E-state index in [4.69, 9.17) is 4.98 Å². The van der Waals surface area contributed by atoms with Crippen LogP contribution in [0.5, 0.6) is 0 Å². The van der Waals surface area contributed by atoms with Gasteiger partial charge in [0.05, 0.1) is 5.25 Å². The van der Waals surface area contributed by atoms with Gasteiger partial charge in [-0.15, -0.1) is 0 Å². The van der Waals surface area contributed by atoms with Gasteiger partial charge in [0, 0.05) is 66.5 Å². The number of nitrogens with zero attached hydrogens (tertiary/aromatic N) is 3. The number of fused-ring (bicyclic) bond motifs is 1. The summed E-state index contributed by atoms with van der Waals surface area (Å²) in [6.45, 7) is 4.35. The number of benzene rings is 2. The van der Waals surface area contributed by atoms with E-state index in [-0.39, 0.29) is 5.25 Å². The highest BCUT2D eigenvalue weighted by Crippen LogP contribution is 2.33. The predicted molar refractivity (Wildman–Crippen MR) is 151 cm³/mol. The number of nitrogens with one attached hydrogen (secondary N) is 2. The Morgan fingerprint density at radius 1 is 0.917 bits per heavy atom. The van der Waals surface area contributed by atoms with Gasteiger partial charge in [0.25, 0.3) is 0 Å². The second kappa shape index (κ2) is 10.1. The van der Waals surface area contributed by atoms with E-state index in [0.717, 1.165) is 72.4 Å². The third-order valence-electron chi connectivity index (χ3n) is 7.62. The van der Waals surface area contributed by atoms with E-state index in [1.54, 1.807) is 0 Å². The molecule has 6 rings (SSSR count). The summed E-state index contributed by atoms with van der Waals surface area (Å²) >= 11 is 0. The minimum atomic E-state index is -1.01. The molecule has 186 valence electrons. The molecular formula is C29H33N5OS. The van der Waals surface area contributed by atoms with Crippen molar-refractivity contribution in [3.63, 3.8) is 0 Å². The zero-order valence-corrected chi connectivity index (χ0v) is 21.6. The zero-order valence-electron chi connectivity index (χ0n) is 20.7. The predicted octanol–water partition coefficient (Wildman–Crippen LogP) is 5.67. The topological polar surface area (TPSA) is 64.3 Å². The molecule has 2 aromatic heterocycles. The smallest absolute Gasteiger partial charge is 0.137 e. The maximum absolute atomic E-state index is 12.6. The summed E-state index contributed by atoms with van der Waals surface area (Å²) in [7, 11) is 1.17. The molecule has 36 heavy (non-hydrogen) atoms. The fourth-order valence-electron chi connectivity index (χ4n) is 5.35. The molecule has 0 amide bonds. The van der Waals surface area contributed by atoms with Crippen LogP contribution in [0, 0.1) is 0 Å². The highest BCUT2D eigenvalue weighted by molar-refractivity contribution is 7.87. The Morgan fingerprint density at radius 3 is 2.33 bits per heavy atom. The quantitative estimate of drug-likeness (QED) is 0.359. The minimum Gasteiger partial charge on any atom is -0.369 e. The van der Waals surface area contributed by atoms with Crippen molar-refractivity contribution in [2.24, 2.45) is 0 Å². The van der Waals surface area contributed by atoms with E-state index in [1.807, 2.05) is 24.5 Å². The Bertz CT molecular complexity index is 1350. The van der Waals surface area contributed by atoms with Crippen molar-refractivity contribution >= 4 is 33.4 Å². The Labute approximate surface area is 215 Å². The number of hydrogen-bond acceptors (Lipinski definition) is 4. The highest BCUT2D eigenvalue weighted by Gasteiger charge is 2.21. The van der Waals surface area contributed by atoms with E-state index in [1.165, 1.54) is 24.1 Å². The summed E-state index contributed by atoms with van der Waals surface area (Å²) < 4.78 is 15.8. The molecule has 3 heterocycles. The highest BCUT2D eigenvalue weighted by atomic mass is 32.2.